The van der Waals surface area contributed by atoms with Gasteiger partial charge in [-0.3, -0.25) is 24.5 Å². The maximum atomic E-state index is 14.4. The molecule has 0 radical (unpaired) electrons. The fraction of sp³-hybridized carbons (Fsp3) is 0.333. The summed E-state index contributed by atoms with van der Waals surface area (Å²) in [4.78, 5) is 88.4. The predicted octanol–water partition coefficient (Wildman–Crippen LogP) is 12.0. The van der Waals surface area contributed by atoms with Gasteiger partial charge in [0.05, 0.1) is 38.4 Å². The highest BCUT2D eigenvalue weighted by Gasteiger charge is 2.45. The van der Waals surface area contributed by atoms with Crippen molar-refractivity contribution in [2.75, 3.05) is 23.3 Å². The molecule has 2 aliphatic heterocycles. The average molecular weight is 1170 g/mol. The summed E-state index contributed by atoms with van der Waals surface area (Å²) in [6.45, 7) is 17.8. The molecule has 1 fully saturated rings. The van der Waals surface area contributed by atoms with Gasteiger partial charge in [-0.2, -0.15) is 0 Å². The Morgan fingerprint density at radius 2 is 1.57 bits per heavy atom. The Balaban J connectivity index is 0.782. The van der Waals surface area contributed by atoms with Crippen LogP contribution in [0.25, 0.3) is 31.8 Å². The maximum absolute atomic E-state index is 14.4. The fourth-order valence-corrected chi connectivity index (χ4v) is 12.5. The molecule has 1 saturated heterocycles. The first-order chi connectivity index (χ1) is 40.1. The number of benzene rings is 5. The van der Waals surface area contributed by atoms with Crippen LogP contribution in [0.1, 0.15) is 122 Å². The predicted molar refractivity (Wildman–Crippen MR) is 330 cm³/mol. The van der Waals surface area contributed by atoms with Crippen LogP contribution in [0.5, 0.6) is 11.5 Å². The molecular formula is C66H70N8O8S2. The molecule has 5 heterocycles. The van der Waals surface area contributed by atoms with Crippen LogP contribution in [0.4, 0.5) is 10.9 Å². The van der Waals surface area contributed by atoms with Crippen molar-refractivity contribution in [1.29, 1.82) is 0 Å². The standard InChI is InChI=1S/C66H70N8O8S2/c1-38-47(48-29-30-55(70-57(48)63(80)82-66(7,8)9)73-33-32-43-14-12-16-49(50(43)36-73)60(77)72-64-69-51-17-10-11-19-54(51)84-64)15-13-18-53(38)81-46-27-20-41(21-28-46)22-31-56(76)71-59(65(4,5)6)62(79)74-35-45(75)34-52(74)61(78)68-39(2)42-23-25-44(26-24-42)58-40(3)67-37-83-58/h10-21,23-30,37,39,45,52,59,75H,22,31-36H2,1-9H3,(H,68,78)(H,71,76)(H,69,72,77)/t39?,45-,52+,59?/m1/s1. The lowest BCUT2D eigenvalue weighted by Gasteiger charge is -2.35. The van der Waals surface area contributed by atoms with E-state index >= 15 is 0 Å². The molecule has 18 heteroatoms. The number of aliphatic hydroxyl groups excluding tert-OH is 1. The smallest absolute Gasteiger partial charge is 0.358 e. The van der Waals surface area contributed by atoms with E-state index in [1.807, 2.05) is 189 Å². The van der Waals surface area contributed by atoms with Gasteiger partial charge in [0.25, 0.3) is 5.91 Å². The third-order valence-corrected chi connectivity index (χ3v) is 17.2. The number of para-hydroxylation sites is 1. The van der Waals surface area contributed by atoms with Crippen LogP contribution in [0.3, 0.4) is 0 Å². The van der Waals surface area contributed by atoms with E-state index in [4.69, 9.17) is 14.5 Å². The molecule has 0 saturated carbocycles. The molecular weight excluding hydrogens is 1100 g/mol. The van der Waals surface area contributed by atoms with Gasteiger partial charge < -0.3 is 35.0 Å². The Hall–Kier alpha value is -8.32. The number of carbonyl (C=O) groups is 5. The lowest BCUT2D eigenvalue weighted by Crippen LogP contribution is -2.57. The Morgan fingerprint density at radius 1 is 0.821 bits per heavy atom. The summed E-state index contributed by atoms with van der Waals surface area (Å²) >= 11 is 3.00. The number of likely N-dealkylation sites (tertiary alicyclic amines) is 1. The molecule has 16 nitrogen and oxygen atoms in total. The number of nitrogens with one attached hydrogen (secondary N) is 3. The lowest BCUT2D eigenvalue weighted by molar-refractivity contribution is -0.144. The van der Waals surface area contributed by atoms with Crippen molar-refractivity contribution in [3.63, 3.8) is 0 Å². The van der Waals surface area contributed by atoms with Gasteiger partial charge in [0.1, 0.15) is 35.0 Å². The van der Waals surface area contributed by atoms with E-state index in [0.717, 1.165) is 59.7 Å². The fourth-order valence-electron chi connectivity index (χ4n) is 10.8. The zero-order valence-electron chi connectivity index (χ0n) is 48.7. The number of amides is 4. The SMILES string of the molecule is Cc1ncsc1-c1ccc(C(C)NC(=O)[C@@H]2C[C@@H](O)CN2C(=O)C(NC(=O)CCc2ccc(Oc3cccc(-c4ccc(N5CCc6cccc(C(=O)Nc7nc8ccccc8s7)c6C5)nc4C(=O)OC(C)(C)C)c3C)cc2)C(C)(C)C)cc1. The van der Waals surface area contributed by atoms with Crippen LogP contribution in [0.2, 0.25) is 0 Å². The Kier molecular flexibility index (Phi) is 17.2. The number of fused-ring (bicyclic) bond motifs is 2. The summed E-state index contributed by atoms with van der Waals surface area (Å²) in [7, 11) is 0. The highest BCUT2D eigenvalue weighted by molar-refractivity contribution is 7.22. The summed E-state index contributed by atoms with van der Waals surface area (Å²) in [6.07, 6.45) is 0.325. The quantitative estimate of drug-likeness (QED) is 0.0667. The normalized spacial score (nSPS) is 15.9. The molecule has 4 amide bonds. The number of thiazole rings is 2. The molecule has 5 aromatic carbocycles. The van der Waals surface area contributed by atoms with Crippen molar-refractivity contribution in [3.05, 3.63) is 172 Å². The van der Waals surface area contributed by atoms with Crippen molar-refractivity contribution in [2.45, 2.75) is 124 Å². The van der Waals surface area contributed by atoms with Crippen LogP contribution in [-0.4, -0.2) is 91.4 Å². The van der Waals surface area contributed by atoms with Gasteiger partial charge in [0, 0.05) is 43.6 Å². The number of hydrogen-bond acceptors (Lipinski definition) is 14. The van der Waals surface area contributed by atoms with Gasteiger partial charge in [0.15, 0.2) is 10.8 Å². The minimum Gasteiger partial charge on any atom is -0.457 e. The Labute approximate surface area is 497 Å². The first-order valence-corrected chi connectivity index (χ1v) is 30.0. The number of hydrogen-bond donors (Lipinski definition) is 4. The number of pyridine rings is 1. The number of esters is 1. The molecule has 0 aliphatic carbocycles. The van der Waals surface area contributed by atoms with Gasteiger partial charge in [-0.15, -0.1) is 11.3 Å². The largest absolute Gasteiger partial charge is 0.457 e. The van der Waals surface area contributed by atoms with Gasteiger partial charge in [0.2, 0.25) is 17.7 Å². The first kappa shape index (κ1) is 58.9. The van der Waals surface area contributed by atoms with Crippen molar-refractivity contribution in [3.8, 4) is 33.1 Å². The van der Waals surface area contributed by atoms with E-state index in [2.05, 4.69) is 30.8 Å². The first-order valence-electron chi connectivity index (χ1n) is 28.3. The summed E-state index contributed by atoms with van der Waals surface area (Å²) in [5, 5.41) is 20.4. The second-order valence-corrected chi connectivity index (χ2v) is 25.6. The van der Waals surface area contributed by atoms with Crippen LogP contribution in [0, 0.1) is 19.3 Å². The van der Waals surface area contributed by atoms with Crippen molar-refractivity contribution < 1.29 is 38.6 Å². The third-order valence-electron chi connectivity index (χ3n) is 15.3. The van der Waals surface area contributed by atoms with Crippen LogP contribution in [-0.2, 0) is 38.5 Å². The molecule has 4 atom stereocenters. The zero-order valence-corrected chi connectivity index (χ0v) is 50.4. The summed E-state index contributed by atoms with van der Waals surface area (Å²) in [5.41, 5.74) is 9.62. The highest BCUT2D eigenvalue weighted by atomic mass is 32.1. The van der Waals surface area contributed by atoms with Gasteiger partial charge in [-0.05, 0) is 147 Å². The third kappa shape index (κ3) is 13.4. The van der Waals surface area contributed by atoms with E-state index in [1.165, 1.54) is 16.2 Å². The van der Waals surface area contributed by atoms with E-state index in [-0.39, 0.29) is 48.8 Å². The second-order valence-electron chi connectivity index (χ2n) is 23.7. The van der Waals surface area contributed by atoms with Crippen LogP contribution in [0.15, 0.2) is 127 Å². The Bertz CT molecular complexity index is 3740. The highest BCUT2D eigenvalue weighted by Crippen LogP contribution is 2.38. The van der Waals surface area contributed by atoms with Crippen molar-refractivity contribution >= 4 is 73.4 Å². The number of aliphatic hydroxyl groups is 1. The minimum absolute atomic E-state index is 0.0270. The van der Waals surface area contributed by atoms with E-state index in [1.54, 1.807) is 11.3 Å². The number of β-amino-alcohol motifs (C(OH)–C–C–N with tert-alkyl or cyclic N) is 1. The monoisotopic (exact) mass is 1170 g/mol. The van der Waals surface area contributed by atoms with Crippen molar-refractivity contribution in [1.82, 2.24) is 30.5 Å². The second kappa shape index (κ2) is 24.5. The molecule has 0 bridgehead atoms. The molecule has 84 heavy (non-hydrogen) atoms. The van der Waals surface area contributed by atoms with Gasteiger partial charge in [-0.25, -0.2) is 19.7 Å². The van der Waals surface area contributed by atoms with Crippen LogP contribution >= 0.6 is 22.7 Å². The topological polar surface area (TPSA) is 205 Å². The summed E-state index contributed by atoms with van der Waals surface area (Å²) < 4.78 is 13.4. The van der Waals surface area contributed by atoms with Crippen LogP contribution < -0.4 is 25.6 Å². The molecule has 8 aromatic rings. The number of aryl methyl sites for hydroxylation is 2. The van der Waals surface area contributed by atoms with E-state index < -0.39 is 41.1 Å². The Morgan fingerprint density at radius 3 is 2.29 bits per heavy atom. The number of nitrogens with zero attached hydrogens (tertiary/aromatic N) is 5. The summed E-state index contributed by atoms with van der Waals surface area (Å²) in [6, 6.07) is 36.1. The molecule has 4 N–H and O–H groups in total. The molecule has 434 valence electrons. The summed E-state index contributed by atoms with van der Waals surface area (Å²) in [5.74, 6) is -0.252. The van der Waals surface area contributed by atoms with Gasteiger partial charge in [-0.1, -0.05) is 105 Å². The number of ether oxygens (including phenoxy) is 2. The molecule has 2 aliphatic rings. The number of carbonyl (C=O) groups excluding carboxylic acids is 5. The lowest BCUT2D eigenvalue weighted by atomic mass is 9.85. The number of aromatic nitrogens is 3. The number of anilines is 2. The van der Waals surface area contributed by atoms with Crippen molar-refractivity contribution in [2.24, 2.45) is 5.41 Å². The van der Waals surface area contributed by atoms with E-state index in [9.17, 15) is 29.1 Å². The zero-order chi connectivity index (χ0) is 59.6. The molecule has 3 aromatic heterocycles. The molecule has 10 rings (SSSR count). The molecule has 2 unspecified atom stereocenters. The molecule has 0 spiro atoms. The maximum Gasteiger partial charge on any atom is 0.358 e. The van der Waals surface area contributed by atoms with Gasteiger partial charge >= 0.3 is 5.97 Å². The number of rotatable bonds is 16. The minimum atomic E-state index is -0.964. The average Bonchev–Trinajstić information content (AvgIpc) is 2.55. The van der Waals surface area contributed by atoms with E-state index in [0.29, 0.717) is 59.5 Å².